The predicted octanol–water partition coefficient (Wildman–Crippen LogP) is 0.931. The van der Waals surface area contributed by atoms with Crippen LogP contribution in [0.1, 0.15) is 10.5 Å². The number of nitrogens with one attached hydrogen (secondary N) is 1. The third-order valence-corrected chi connectivity index (χ3v) is 2.81. The molecular weight excluding hydrogens is 242 g/mol. The number of morpholine rings is 1. The number of aromatic nitrogens is 1. The Kier molecular flexibility index (Phi) is 3.81. The molecule has 6 heteroatoms. The van der Waals surface area contributed by atoms with Gasteiger partial charge < -0.3 is 15.0 Å². The van der Waals surface area contributed by atoms with E-state index in [1.54, 1.807) is 19.2 Å². The first kappa shape index (κ1) is 12.1. The van der Waals surface area contributed by atoms with Crippen molar-refractivity contribution in [1.82, 2.24) is 10.3 Å². The summed E-state index contributed by atoms with van der Waals surface area (Å²) in [6, 6.07) is 3.51. The van der Waals surface area contributed by atoms with Gasteiger partial charge in [0.15, 0.2) is 0 Å². The van der Waals surface area contributed by atoms with Gasteiger partial charge in [-0.1, -0.05) is 11.6 Å². The first-order chi connectivity index (χ1) is 8.20. The number of hydrogen-bond donors (Lipinski definition) is 1. The van der Waals surface area contributed by atoms with Gasteiger partial charge in [-0.25, -0.2) is 4.98 Å². The normalized spacial score (nSPS) is 15.8. The second-order valence-corrected chi connectivity index (χ2v) is 4.10. The summed E-state index contributed by atoms with van der Waals surface area (Å²) in [5, 5.41) is 2.86. The molecule has 1 amide bonds. The third kappa shape index (κ3) is 2.87. The van der Waals surface area contributed by atoms with Gasteiger partial charge in [-0.15, -0.1) is 0 Å². The van der Waals surface area contributed by atoms with Crippen LogP contribution in [0.3, 0.4) is 0 Å². The molecule has 5 nitrogen and oxygen atoms in total. The van der Waals surface area contributed by atoms with Crippen LogP contribution >= 0.6 is 11.6 Å². The molecule has 0 unspecified atom stereocenters. The van der Waals surface area contributed by atoms with Gasteiger partial charge in [0.05, 0.1) is 13.2 Å². The second-order valence-electron chi connectivity index (χ2n) is 3.71. The largest absolute Gasteiger partial charge is 0.378 e. The molecule has 17 heavy (non-hydrogen) atoms. The fraction of sp³-hybridized carbons (Fsp3) is 0.455. The van der Waals surface area contributed by atoms with E-state index < -0.39 is 0 Å². The van der Waals surface area contributed by atoms with Gasteiger partial charge in [0, 0.05) is 25.8 Å². The maximum atomic E-state index is 11.5. The third-order valence-electron chi connectivity index (χ3n) is 2.61. The lowest BCUT2D eigenvalue weighted by Gasteiger charge is -2.29. The van der Waals surface area contributed by atoms with Crippen LogP contribution in [0, 0.1) is 0 Å². The second kappa shape index (κ2) is 5.33. The molecule has 2 heterocycles. The maximum Gasteiger partial charge on any atom is 0.269 e. The number of carbonyl (C=O) groups excluding carboxylic acids is 1. The lowest BCUT2D eigenvalue weighted by molar-refractivity contribution is 0.0958. The minimum Gasteiger partial charge on any atom is -0.378 e. The lowest BCUT2D eigenvalue weighted by atomic mass is 10.2. The smallest absolute Gasteiger partial charge is 0.269 e. The van der Waals surface area contributed by atoms with Crippen LogP contribution in [0.25, 0.3) is 0 Å². The molecule has 0 bridgehead atoms. The number of ether oxygens (including phenoxy) is 1. The first-order valence-electron chi connectivity index (χ1n) is 5.43. The summed E-state index contributed by atoms with van der Waals surface area (Å²) >= 11 is 5.92. The Morgan fingerprint density at radius 3 is 2.82 bits per heavy atom. The van der Waals surface area contributed by atoms with Crippen LogP contribution in [0.4, 0.5) is 5.69 Å². The van der Waals surface area contributed by atoms with E-state index in [4.69, 9.17) is 16.3 Å². The highest BCUT2D eigenvalue weighted by Crippen LogP contribution is 2.20. The molecule has 1 aromatic heterocycles. The molecule has 1 N–H and O–H groups in total. The van der Waals surface area contributed by atoms with Crippen molar-refractivity contribution < 1.29 is 9.53 Å². The number of amides is 1. The van der Waals surface area contributed by atoms with Crippen LogP contribution in [0.5, 0.6) is 0 Å². The summed E-state index contributed by atoms with van der Waals surface area (Å²) < 4.78 is 5.28. The van der Waals surface area contributed by atoms with Crippen molar-refractivity contribution in [3.05, 3.63) is 23.0 Å². The van der Waals surface area contributed by atoms with E-state index in [0.29, 0.717) is 24.1 Å². The molecule has 1 fully saturated rings. The number of carbonyl (C=O) groups is 1. The van der Waals surface area contributed by atoms with E-state index in [9.17, 15) is 4.79 Å². The summed E-state index contributed by atoms with van der Waals surface area (Å²) in [6.07, 6.45) is 0. The molecule has 0 saturated carbocycles. The summed E-state index contributed by atoms with van der Waals surface area (Å²) in [6.45, 7) is 2.98. The minimum absolute atomic E-state index is 0.234. The first-order valence-corrected chi connectivity index (χ1v) is 5.81. The monoisotopic (exact) mass is 255 g/mol. The molecule has 0 spiro atoms. The number of hydrogen-bond acceptors (Lipinski definition) is 4. The zero-order valence-electron chi connectivity index (χ0n) is 9.57. The van der Waals surface area contributed by atoms with E-state index >= 15 is 0 Å². The van der Waals surface area contributed by atoms with E-state index in [2.05, 4.69) is 15.2 Å². The molecular formula is C11H14ClN3O2. The van der Waals surface area contributed by atoms with Crippen LogP contribution in [0.2, 0.25) is 5.15 Å². The molecule has 92 valence electrons. The number of rotatable bonds is 2. The van der Waals surface area contributed by atoms with Gasteiger partial charge in [-0.05, 0) is 12.1 Å². The minimum atomic E-state index is -0.234. The zero-order chi connectivity index (χ0) is 12.3. The van der Waals surface area contributed by atoms with Crippen molar-refractivity contribution >= 4 is 23.2 Å². The van der Waals surface area contributed by atoms with Gasteiger partial charge in [-0.2, -0.15) is 0 Å². The number of halogens is 1. The zero-order valence-corrected chi connectivity index (χ0v) is 10.3. The maximum absolute atomic E-state index is 11.5. The van der Waals surface area contributed by atoms with Crippen LogP contribution in [0.15, 0.2) is 12.1 Å². The van der Waals surface area contributed by atoms with E-state index in [0.717, 1.165) is 18.8 Å². The number of pyridine rings is 1. The van der Waals surface area contributed by atoms with Crippen LogP contribution < -0.4 is 10.2 Å². The van der Waals surface area contributed by atoms with Gasteiger partial charge in [0.1, 0.15) is 10.8 Å². The van der Waals surface area contributed by atoms with Crippen molar-refractivity contribution in [3.63, 3.8) is 0 Å². The molecule has 0 radical (unpaired) electrons. The Bertz CT molecular complexity index is 419. The van der Waals surface area contributed by atoms with Crippen molar-refractivity contribution in [3.8, 4) is 0 Å². The van der Waals surface area contributed by atoms with Crippen molar-refractivity contribution in [2.45, 2.75) is 0 Å². The predicted molar refractivity (Wildman–Crippen MR) is 65.7 cm³/mol. The molecule has 1 aliphatic rings. The molecule has 1 saturated heterocycles. The van der Waals surface area contributed by atoms with Crippen molar-refractivity contribution in [2.24, 2.45) is 0 Å². The molecule has 0 atom stereocenters. The average molecular weight is 256 g/mol. The van der Waals surface area contributed by atoms with Gasteiger partial charge in [0.25, 0.3) is 5.91 Å². The lowest BCUT2D eigenvalue weighted by Crippen LogP contribution is -2.36. The number of anilines is 1. The molecule has 0 aliphatic carbocycles. The summed E-state index contributed by atoms with van der Waals surface area (Å²) in [4.78, 5) is 17.6. The average Bonchev–Trinajstić information content (AvgIpc) is 2.38. The summed E-state index contributed by atoms with van der Waals surface area (Å²) in [5.74, 6) is -0.234. The Morgan fingerprint density at radius 2 is 2.18 bits per heavy atom. The van der Waals surface area contributed by atoms with Crippen molar-refractivity contribution in [1.29, 1.82) is 0 Å². The summed E-state index contributed by atoms with van der Waals surface area (Å²) in [5.41, 5.74) is 1.24. The van der Waals surface area contributed by atoms with E-state index in [1.807, 2.05) is 0 Å². The van der Waals surface area contributed by atoms with Gasteiger partial charge in [-0.3, -0.25) is 4.79 Å². The highest BCUT2D eigenvalue weighted by atomic mass is 35.5. The van der Waals surface area contributed by atoms with Crippen LogP contribution in [-0.2, 0) is 4.74 Å². The Labute approximate surface area is 105 Å². The fourth-order valence-corrected chi connectivity index (χ4v) is 1.93. The highest BCUT2D eigenvalue weighted by Gasteiger charge is 2.15. The fourth-order valence-electron chi connectivity index (χ4n) is 1.73. The van der Waals surface area contributed by atoms with E-state index in [-0.39, 0.29) is 5.91 Å². The van der Waals surface area contributed by atoms with Gasteiger partial charge in [0.2, 0.25) is 0 Å². The quantitative estimate of drug-likeness (QED) is 0.799. The topological polar surface area (TPSA) is 54.5 Å². The SMILES string of the molecule is CNC(=O)c1cc(N2CCOCC2)cc(Cl)n1. The number of nitrogens with zero attached hydrogens (tertiary/aromatic N) is 2. The highest BCUT2D eigenvalue weighted by molar-refractivity contribution is 6.29. The molecule has 2 rings (SSSR count). The van der Waals surface area contributed by atoms with Gasteiger partial charge >= 0.3 is 0 Å². The Balaban J connectivity index is 2.27. The van der Waals surface area contributed by atoms with Crippen LogP contribution in [-0.4, -0.2) is 44.2 Å². The molecule has 1 aromatic rings. The summed E-state index contributed by atoms with van der Waals surface area (Å²) in [7, 11) is 1.57. The standard InChI is InChI=1S/C11H14ClN3O2/c1-13-11(16)9-6-8(7-10(12)14-9)15-2-4-17-5-3-15/h6-7H,2-5H2,1H3,(H,13,16). The van der Waals surface area contributed by atoms with E-state index in [1.165, 1.54) is 0 Å². The Morgan fingerprint density at radius 1 is 1.47 bits per heavy atom. The van der Waals surface area contributed by atoms with Crippen molar-refractivity contribution in [2.75, 3.05) is 38.3 Å². The molecule has 1 aliphatic heterocycles. The Hall–Kier alpha value is -1.33. The molecule has 0 aromatic carbocycles.